The van der Waals surface area contributed by atoms with Gasteiger partial charge in [0.25, 0.3) is 0 Å². The van der Waals surface area contributed by atoms with E-state index in [0.717, 1.165) is 66.1 Å². The van der Waals surface area contributed by atoms with Crippen LogP contribution in [0.15, 0.2) is 206 Å². The molecule has 9 aromatic carbocycles. The van der Waals surface area contributed by atoms with Crippen LogP contribution in [-0.4, -0.2) is 19.5 Å². The van der Waals surface area contributed by atoms with Gasteiger partial charge < -0.3 is 4.57 Å². The number of fused-ring (bicyclic) bond motifs is 5. The summed E-state index contributed by atoms with van der Waals surface area (Å²) in [6.45, 7) is 0. The summed E-state index contributed by atoms with van der Waals surface area (Å²) in [6.07, 6.45) is 0. The standard InChI is InChI=1S/C53H34N4/c1-3-16-35(17-4-1)38-30-31-47(50(34-38)57-48-28-13-11-25-43(48)44-26-12-14-29-49(44)57)53-55-51(45-27-15-21-37-20-7-8-22-39(37)45)54-52(56-53)46-33-32-40(36-18-5-2-6-19-36)41-23-9-10-24-42(41)46/h1-34H. The van der Waals surface area contributed by atoms with E-state index < -0.39 is 0 Å². The molecule has 11 rings (SSSR count). The third kappa shape index (κ3) is 5.58. The van der Waals surface area contributed by atoms with Gasteiger partial charge in [0.1, 0.15) is 0 Å². The lowest BCUT2D eigenvalue weighted by atomic mass is 9.94. The Hall–Kier alpha value is -7.69. The molecule has 0 fully saturated rings. The van der Waals surface area contributed by atoms with Gasteiger partial charge in [-0.2, -0.15) is 0 Å². The van der Waals surface area contributed by atoms with Crippen molar-refractivity contribution in [2.45, 2.75) is 0 Å². The summed E-state index contributed by atoms with van der Waals surface area (Å²) in [5.41, 5.74) is 10.7. The molecule has 0 aliphatic heterocycles. The van der Waals surface area contributed by atoms with Gasteiger partial charge in [-0.05, 0) is 74.1 Å². The van der Waals surface area contributed by atoms with E-state index in [9.17, 15) is 0 Å². The fourth-order valence-electron chi connectivity index (χ4n) is 8.42. The molecule has 4 heteroatoms. The van der Waals surface area contributed by atoms with E-state index >= 15 is 0 Å². The van der Waals surface area contributed by atoms with E-state index in [1.807, 2.05) is 0 Å². The van der Waals surface area contributed by atoms with E-state index in [0.29, 0.717) is 17.5 Å². The van der Waals surface area contributed by atoms with Crippen molar-refractivity contribution in [3.05, 3.63) is 206 Å². The summed E-state index contributed by atoms with van der Waals surface area (Å²) in [7, 11) is 0. The van der Waals surface area contributed by atoms with Crippen LogP contribution in [0.2, 0.25) is 0 Å². The first kappa shape index (κ1) is 32.7. The summed E-state index contributed by atoms with van der Waals surface area (Å²) in [5.74, 6) is 1.86. The van der Waals surface area contributed by atoms with Crippen LogP contribution < -0.4 is 0 Å². The number of aromatic nitrogens is 4. The van der Waals surface area contributed by atoms with E-state index in [4.69, 9.17) is 15.0 Å². The second-order valence-corrected chi connectivity index (χ2v) is 14.4. The van der Waals surface area contributed by atoms with Crippen LogP contribution >= 0.6 is 0 Å². The topological polar surface area (TPSA) is 43.6 Å². The smallest absolute Gasteiger partial charge is 0.166 e. The molecule has 266 valence electrons. The fraction of sp³-hybridized carbons (Fsp3) is 0. The Bertz CT molecular complexity index is 3230. The van der Waals surface area contributed by atoms with Crippen LogP contribution in [0.4, 0.5) is 0 Å². The maximum absolute atomic E-state index is 5.43. The Labute approximate surface area is 330 Å². The summed E-state index contributed by atoms with van der Waals surface area (Å²) >= 11 is 0. The van der Waals surface area contributed by atoms with Crippen LogP contribution in [0, 0.1) is 0 Å². The molecule has 0 aliphatic carbocycles. The van der Waals surface area contributed by atoms with Crippen molar-refractivity contribution < 1.29 is 0 Å². The average molecular weight is 727 g/mol. The highest BCUT2D eigenvalue weighted by Gasteiger charge is 2.22. The second-order valence-electron chi connectivity index (χ2n) is 14.4. The maximum atomic E-state index is 5.43. The molecule has 0 N–H and O–H groups in total. The average Bonchev–Trinajstić information content (AvgIpc) is 3.63. The van der Waals surface area contributed by atoms with Crippen molar-refractivity contribution >= 4 is 43.4 Å². The second kappa shape index (κ2) is 13.6. The monoisotopic (exact) mass is 726 g/mol. The Balaban J connectivity index is 1.22. The van der Waals surface area contributed by atoms with Gasteiger partial charge >= 0.3 is 0 Å². The van der Waals surface area contributed by atoms with Crippen molar-refractivity contribution in [2.24, 2.45) is 0 Å². The molecule has 0 amide bonds. The molecule has 57 heavy (non-hydrogen) atoms. The molecule has 2 aromatic heterocycles. The summed E-state index contributed by atoms with van der Waals surface area (Å²) in [5, 5.41) is 6.85. The molecule has 0 saturated carbocycles. The molecule has 0 aliphatic rings. The molecule has 0 atom stereocenters. The zero-order chi connectivity index (χ0) is 37.7. The first-order valence-corrected chi connectivity index (χ1v) is 19.3. The lowest BCUT2D eigenvalue weighted by molar-refractivity contribution is 1.07. The van der Waals surface area contributed by atoms with E-state index in [1.54, 1.807) is 0 Å². The molecule has 0 bridgehead atoms. The molecule has 0 radical (unpaired) electrons. The van der Waals surface area contributed by atoms with Gasteiger partial charge in [0, 0.05) is 27.5 Å². The van der Waals surface area contributed by atoms with Gasteiger partial charge in [0.2, 0.25) is 0 Å². The summed E-state index contributed by atoms with van der Waals surface area (Å²) in [4.78, 5) is 16.2. The highest BCUT2D eigenvalue weighted by atomic mass is 15.1. The molecule has 0 unspecified atom stereocenters. The Morgan fingerprint density at radius 1 is 0.281 bits per heavy atom. The predicted molar refractivity (Wildman–Crippen MR) is 236 cm³/mol. The Kier molecular flexibility index (Phi) is 7.78. The van der Waals surface area contributed by atoms with E-state index in [-0.39, 0.29) is 0 Å². The van der Waals surface area contributed by atoms with Gasteiger partial charge in [-0.25, -0.2) is 15.0 Å². The molecular formula is C53H34N4. The van der Waals surface area contributed by atoms with Crippen LogP contribution in [-0.2, 0) is 0 Å². The number of hydrogen-bond acceptors (Lipinski definition) is 3. The van der Waals surface area contributed by atoms with Gasteiger partial charge in [0.05, 0.1) is 16.7 Å². The largest absolute Gasteiger partial charge is 0.308 e. The zero-order valence-corrected chi connectivity index (χ0v) is 30.9. The highest BCUT2D eigenvalue weighted by Crippen LogP contribution is 2.40. The zero-order valence-electron chi connectivity index (χ0n) is 30.9. The third-order valence-electron chi connectivity index (χ3n) is 11.1. The van der Waals surface area contributed by atoms with Crippen molar-refractivity contribution in [1.29, 1.82) is 0 Å². The number of para-hydroxylation sites is 2. The maximum Gasteiger partial charge on any atom is 0.166 e. The van der Waals surface area contributed by atoms with E-state index in [1.165, 1.54) is 21.9 Å². The molecule has 0 spiro atoms. The minimum absolute atomic E-state index is 0.607. The van der Waals surface area contributed by atoms with Crippen molar-refractivity contribution in [2.75, 3.05) is 0 Å². The van der Waals surface area contributed by atoms with Gasteiger partial charge in [-0.15, -0.1) is 0 Å². The minimum Gasteiger partial charge on any atom is -0.308 e. The predicted octanol–water partition coefficient (Wildman–Crippen LogP) is 13.6. The molecule has 0 saturated heterocycles. The molecular weight excluding hydrogens is 693 g/mol. The van der Waals surface area contributed by atoms with Crippen molar-refractivity contribution in [3.63, 3.8) is 0 Å². The van der Waals surface area contributed by atoms with Gasteiger partial charge in [-0.1, -0.05) is 176 Å². The fourth-order valence-corrected chi connectivity index (χ4v) is 8.42. The van der Waals surface area contributed by atoms with Crippen molar-refractivity contribution in [3.8, 4) is 62.1 Å². The number of rotatable bonds is 6. The first-order chi connectivity index (χ1) is 28.3. The summed E-state index contributed by atoms with van der Waals surface area (Å²) in [6, 6.07) is 72.8. The van der Waals surface area contributed by atoms with Crippen LogP contribution in [0.3, 0.4) is 0 Å². The minimum atomic E-state index is 0.607. The quantitative estimate of drug-likeness (QED) is 0.171. The van der Waals surface area contributed by atoms with E-state index in [2.05, 4.69) is 211 Å². The third-order valence-corrected chi connectivity index (χ3v) is 11.1. The number of benzene rings is 9. The van der Waals surface area contributed by atoms with Crippen LogP contribution in [0.5, 0.6) is 0 Å². The normalized spacial score (nSPS) is 11.5. The van der Waals surface area contributed by atoms with Crippen molar-refractivity contribution in [1.82, 2.24) is 19.5 Å². The lowest BCUT2D eigenvalue weighted by Gasteiger charge is -2.17. The summed E-state index contributed by atoms with van der Waals surface area (Å²) < 4.78 is 2.37. The Morgan fingerprint density at radius 2 is 0.737 bits per heavy atom. The van der Waals surface area contributed by atoms with Crippen LogP contribution in [0.25, 0.3) is 105 Å². The number of hydrogen-bond donors (Lipinski definition) is 0. The van der Waals surface area contributed by atoms with Gasteiger partial charge in [-0.3, -0.25) is 0 Å². The molecule has 11 aromatic rings. The first-order valence-electron chi connectivity index (χ1n) is 19.3. The number of nitrogens with zero attached hydrogens (tertiary/aromatic N) is 4. The molecule has 2 heterocycles. The highest BCUT2D eigenvalue weighted by molar-refractivity contribution is 6.10. The van der Waals surface area contributed by atoms with Gasteiger partial charge in [0.15, 0.2) is 17.5 Å². The Morgan fingerprint density at radius 3 is 1.40 bits per heavy atom. The van der Waals surface area contributed by atoms with Crippen LogP contribution in [0.1, 0.15) is 0 Å². The lowest BCUT2D eigenvalue weighted by Crippen LogP contribution is -2.04. The SMILES string of the molecule is c1ccc(-c2ccc(-c3nc(-c4cccc5ccccc45)nc(-c4ccc(-c5ccccc5)c5ccccc45)n3)c(-n3c4ccccc4c4ccccc43)c2)cc1. The molecule has 4 nitrogen and oxygen atoms in total.